The quantitative estimate of drug-likeness (QED) is 0.704. The fourth-order valence-electron chi connectivity index (χ4n) is 1.34. The Morgan fingerprint density at radius 1 is 1.42 bits per heavy atom. The number of alkyl halides is 1. The molecule has 12 heavy (non-hydrogen) atoms. The van der Waals surface area contributed by atoms with E-state index in [0.29, 0.717) is 11.5 Å². The molecule has 0 heterocycles. The van der Waals surface area contributed by atoms with Gasteiger partial charge in [0.25, 0.3) is 0 Å². The van der Waals surface area contributed by atoms with Gasteiger partial charge in [-0.2, -0.15) is 0 Å². The Labute approximate surface area is 82.8 Å². The maximum Gasteiger partial charge on any atom is 0.150 e. The fourth-order valence-corrected chi connectivity index (χ4v) is 4.45. The lowest BCUT2D eigenvalue weighted by Crippen LogP contribution is -2.20. The first kappa shape index (κ1) is 10.5. The minimum absolute atomic E-state index is 0.105. The van der Waals surface area contributed by atoms with Gasteiger partial charge in [0, 0.05) is 11.1 Å². The second-order valence-corrected chi connectivity index (χ2v) is 6.47. The first-order chi connectivity index (χ1) is 5.54. The van der Waals surface area contributed by atoms with Crippen molar-refractivity contribution in [2.45, 2.75) is 26.2 Å². The Bertz CT molecular complexity index is 242. The van der Waals surface area contributed by atoms with E-state index >= 15 is 0 Å². The summed E-state index contributed by atoms with van der Waals surface area (Å²) in [6, 6.07) is 0. The van der Waals surface area contributed by atoms with E-state index in [0.717, 1.165) is 24.6 Å². The normalized spacial score (nSPS) is 20.8. The number of halogens is 1. The van der Waals surface area contributed by atoms with Crippen molar-refractivity contribution in [2.75, 3.05) is 16.8 Å². The molecule has 1 saturated carbocycles. The summed E-state index contributed by atoms with van der Waals surface area (Å²) in [6.45, 7) is 1.91. The average Bonchev–Trinajstić information content (AvgIpc) is 2.68. The summed E-state index contributed by atoms with van der Waals surface area (Å²) >= 11 is 3.37. The molecular weight excluding hydrogens is 240 g/mol. The highest BCUT2D eigenvalue weighted by molar-refractivity contribution is 9.09. The van der Waals surface area contributed by atoms with Crippen molar-refractivity contribution in [1.29, 1.82) is 0 Å². The predicted octanol–water partition coefficient (Wildman–Crippen LogP) is 1.99. The molecule has 0 unspecified atom stereocenters. The Morgan fingerprint density at radius 2 is 2.00 bits per heavy atom. The molecule has 0 aromatic heterocycles. The number of hydrogen-bond acceptors (Lipinski definition) is 2. The molecule has 0 radical (unpaired) electrons. The number of sulfone groups is 1. The molecule has 1 aliphatic rings. The zero-order valence-electron chi connectivity index (χ0n) is 7.35. The molecular formula is C8H15BrO2S. The average molecular weight is 255 g/mol. The van der Waals surface area contributed by atoms with E-state index in [1.54, 1.807) is 0 Å². The lowest BCUT2D eigenvalue weighted by molar-refractivity contribution is 0.571. The summed E-state index contributed by atoms with van der Waals surface area (Å²) in [6.07, 6.45) is 2.88. The summed E-state index contributed by atoms with van der Waals surface area (Å²) in [5.74, 6) is 0.737. The lowest BCUT2D eigenvalue weighted by atomic mass is 10.2. The highest BCUT2D eigenvalue weighted by Gasteiger charge is 2.44. The number of hydrogen-bond donors (Lipinski definition) is 0. The molecule has 0 bridgehead atoms. The van der Waals surface area contributed by atoms with Crippen LogP contribution in [-0.2, 0) is 9.84 Å². The van der Waals surface area contributed by atoms with Crippen LogP contribution in [-0.4, -0.2) is 25.3 Å². The first-order valence-corrected chi connectivity index (χ1v) is 7.24. The Kier molecular flexibility index (Phi) is 3.21. The third kappa shape index (κ3) is 2.73. The zero-order chi connectivity index (χ0) is 9.24. The van der Waals surface area contributed by atoms with Crippen LogP contribution in [0.4, 0.5) is 0 Å². The predicted molar refractivity (Wildman–Crippen MR) is 54.4 cm³/mol. The zero-order valence-corrected chi connectivity index (χ0v) is 9.75. The molecule has 0 saturated heterocycles. The van der Waals surface area contributed by atoms with Gasteiger partial charge in [-0.05, 0) is 24.7 Å². The molecule has 0 N–H and O–H groups in total. The van der Waals surface area contributed by atoms with Gasteiger partial charge in [0.1, 0.15) is 0 Å². The molecule has 0 spiro atoms. The van der Waals surface area contributed by atoms with Gasteiger partial charge < -0.3 is 0 Å². The Hall–Kier alpha value is 0.430. The molecule has 0 aromatic carbocycles. The largest absolute Gasteiger partial charge is 0.229 e. The van der Waals surface area contributed by atoms with E-state index in [2.05, 4.69) is 15.9 Å². The van der Waals surface area contributed by atoms with Crippen LogP contribution < -0.4 is 0 Å². The topological polar surface area (TPSA) is 34.1 Å². The molecule has 0 aromatic rings. The SMILES string of the molecule is CCCS(=O)(=O)CC1(CBr)CC1. The van der Waals surface area contributed by atoms with Gasteiger partial charge in [0.2, 0.25) is 0 Å². The minimum Gasteiger partial charge on any atom is -0.229 e. The van der Waals surface area contributed by atoms with Gasteiger partial charge in [-0.15, -0.1) is 0 Å². The van der Waals surface area contributed by atoms with Crippen LogP contribution in [0.5, 0.6) is 0 Å². The minimum atomic E-state index is -2.77. The Morgan fingerprint density at radius 3 is 2.33 bits per heavy atom. The molecule has 4 heteroatoms. The maximum atomic E-state index is 11.4. The van der Waals surface area contributed by atoms with Gasteiger partial charge in [0.05, 0.1) is 5.75 Å². The summed E-state index contributed by atoms with van der Waals surface area (Å²) in [4.78, 5) is 0. The third-order valence-electron chi connectivity index (χ3n) is 2.28. The maximum absolute atomic E-state index is 11.4. The molecule has 72 valence electrons. The van der Waals surface area contributed by atoms with Crippen LogP contribution >= 0.6 is 15.9 Å². The van der Waals surface area contributed by atoms with Gasteiger partial charge in [-0.25, -0.2) is 8.42 Å². The highest BCUT2D eigenvalue weighted by atomic mass is 79.9. The second-order valence-electron chi connectivity index (χ2n) is 3.73. The van der Waals surface area contributed by atoms with Crippen molar-refractivity contribution in [3.8, 4) is 0 Å². The van der Waals surface area contributed by atoms with Crippen molar-refractivity contribution < 1.29 is 8.42 Å². The standard InChI is InChI=1S/C8H15BrO2S/c1-2-5-12(10,11)7-8(6-9)3-4-8/h2-7H2,1H3. The van der Waals surface area contributed by atoms with Gasteiger partial charge in [-0.1, -0.05) is 22.9 Å². The van der Waals surface area contributed by atoms with E-state index in [-0.39, 0.29) is 5.41 Å². The molecule has 1 aliphatic carbocycles. The summed E-state index contributed by atoms with van der Waals surface area (Å²) in [7, 11) is -2.77. The Balaban J connectivity index is 2.50. The van der Waals surface area contributed by atoms with Crippen molar-refractivity contribution in [3.05, 3.63) is 0 Å². The van der Waals surface area contributed by atoms with Gasteiger partial charge in [-0.3, -0.25) is 0 Å². The molecule has 2 nitrogen and oxygen atoms in total. The van der Waals surface area contributed by atoms with Crippen LogP contribution in [0, 0.1) is 5.41 Å². The smallest absolute Gasteiger partial charge is 0.150 e. The van der Waals surface area contributed by atoms with Gasteiger partial charge in [0.15, 0.2) is 9.84 Å². The van der Waals surface area contributed by atoms with Crippen LogP contribution in [0.3, 0.4) is 0 Å². The van der Waals surface area contributed by atoms with Crippen LogP contribution in [0.2, 0.25) is 0 Å². The van der Waals surface area contributed by atoms with E-state index in [9.17, 15) is 8.42 Å². The van der Waals surface area contributed by atoms with Crippen molar-refractivity contribution in [3.63, 3.8) is 0 Å². The molecule has 0 aliphatic heterocycles. The molecule has 1 fully saturated rings. The van der Waals surface area contributed by atoms with Crippen LogP contribution in [0.15, 0.2) is 0 Å². The van der Waals surface area contributed by atoms with E-state index in [4.69, 9.17) is 0 Å². The molecule has 0 atom stereocenters. The number of rotatable bonds is 5. The highest BCUT2D eigenvalue weighted by Crippen LogP contribution is 2.48. The van der Waals surface area contributed by atoms with E-state index in [1.165, 1.54) is 0 Å². The van der Waals surface area contributed by atoms with Gasteiger partial charge >= 0.3 is 0 Å². The summed E-state index contributed by atoms with van der Waals surface area (Å²) < 4.78 is 22.8. The van der Waals surface area contributed by atoms with E-state index < -0.39 is 9.84 Å². The summed E-state index contributed by atoms with van der Waals surface area (Å²) in [5, 5.41) is 0.836. The third-order valence-corrected chi connectivity index (χ3v) is 5.55. The van der Waals surface area contributed by atoms with Crippen LogP contribution in [0.25, 0.3) is 0 Å². The summed E-state index contributed by atoms with van der Waals surface area (Å²) in [5.41, 5.74) is 0.105. The second kappa shape index (κ2) is 3.66. The van der Waals surface area contributed by atoms with E-state index in [1.807, 2.05) is 6.92 Å². The first-order valence-electron chi connectivity index (χ1n) is 4.30. The monoisotopic (exact) mass is 254 g/mol. The van der Waals surface area contributed by atoms with Crippen molar-refractivity contribution >= 4 is 25.8 Å². The lowest BCUT2D eigenvalue weighted by Gasteiger charge is -2.10. The van der Waals surface area contributed by atoms with Crippen molar-refractivity contribution in [1.82, 2.24) is 0 Å². The van der Waals surface area contributed by atoms with Crippen molar-refractivity contribution in [2.24, 2.45) is 5.41 Å². The molecule has 0 amide bonds. The molecule has 1 rings (SSSR count). The van der Waals surface area contributed by atoms with Crippen LogP contribution in [0.1, 0.15) is 26.2 Å². The fraction of sp³-hybridized carbons (Fsp3) is 1.00.